The van der Waals surface area contributed by atoms with Crippen molar-refractivity contribution in [1.82, 2.24) is 19.9 Å². The molecule has 3 rings (SSSR count). The normalized spacial score (nSPS) is 10.9. The molecule has 0 aliphatic rings. The molecule has 1 aromatic carbocycles. The molecule has 0 unspecified atom stereocenters. The van der Waals surface area contributed by atoms with Crippen LogP contribution in [-0.2, 0) is 13.6 Å². The Labute approximate surface area is 126 Å². The van der Waals surface area contributed by atoms with Crippen molar-refractivity contribution < 1.29 is 9.18 Å². The summed E-state index contributed by atoms with van der Waals surface area (Å²) < 4.78 is 15.5. The highest BCUT2D eigenvalue weighted by molar-refractivity contribution is 5.94. The summed E-state index contributed by atoms with van der Waals surface area (Å²) in [6, 6.07) is 7.23. The summed E-state index contributed by atoms with van der Waals surface area (Å²) in [5.41, 5.74) is 3.00. The van der Waals surface area contributed by atoms with Gasteiger partial charge in [-0.05, 0) is 24.6 Å². The molecule has 2 aromatic heterocycles. The first-order chi connectivity index (χ1) is 10.6. The summed E-state index contributed by atoms with van der Waals surface area (Å²) in [5, 5.41) is 2.69. The molecule has 0 spiro atoms. The van der Waals surface area contributed by atoms with Crippen LogP contribution in [-0.4, -0.2) is 20.4 Å². The van der Waals surface area contributed by atoms with Gasteiger partial charge in [-0.15, -0.1) is 0 Å². The summed E-state index contributed by atoms with van der Waals surface area (Å²) >= 11 is 0. The van der Waals surface area contributed by atoms with E-state index >= 15 is 0 Å². The molecule has 0 fully saturated rings. The van der Waals surface area contributed by atoms with Crippen LogP contribution in [0.15, 0.2) is 36.7 Å². The van der Waals surface area contributed by atoms with E-state index in [4.69, 9.17) is 0 Å². The number of carbonyl (C=O) groups is 1. The third-order valence-electron chi connectivity index (χ3n) is 3.61. The maximum absolute atomic E-state index is 13.5. The predicted molar refractivity (Wildman–Crippen MR) is 80.8 cm³/mol. The van der Waals surface area contributed by atoms with Crippen LogP contribution in [0, 0.1) is 12.7 Å². The molecule has 0 aliphatic heterocycles. The fourth-order valence-corrected chi connectivity index (χ4v) is 2.49. The number of aromatic nitrogens is 3. The first kappa shape index (κ1) is 14.2. The van der Waals surface area contributed by atoms with Gasteiger partial charge in [0.25, 0.3) is 5.91 Å². The van der Waals surface area contributed by atoms with Crippen LogP contribution < -0.4 is 5.32 Å². The monoisotopic (exact) mass is 298 g/mol. The van der Waals surface area contributed by atoms with Crippen LogP contribution in [0.25, 0.3) is 11.0 Å². The Bertz CT molecular complexity index is 856. The molecule has 3 aromatic rings. The lowest BCUT2D eigenvalue weighted by Gasteiger charge is -2.06. The first-order valence-corrected chi connectivity index (χ1v) is 6.86. The molecule has 22 heavy (non-hydrogen) atoms. The quantitative estimate of drug-likeness (QED) is 0.807. The van der Waals surface area contributed by atoms with Gasteiger partial charge in [-0.1, -0.05) is 12.1 Å². The number of aryl methyl sites for hydroxylation is 2. The number of nitrogens with one attached hydrogen (secondary N) is 1. The highest BCUT2D eigenvalue weighted by Crippen LogP contribution is 2.18. The van der Waals surface area contributed by atoms with Crippen LogP contribution in [0.2, 0.25) is 0 Å². The first-order valence-electron chi connectivity index (χ1n) is 6.86. The summed E-state index contributed by atoms with van der Waals surface area (Å²) in [6.45, 7) is 2.24. The predicted octanol–water partition coefficient (Wildman–Crippen LogP) is 2.35. The van der Waals surface area contributed by atoms with E-state index in [1.807, 2.05) is 36.7 Å². The average Bonchev–Trinajstić information content (AvgIpc) is 2.83. The number of pyridine rings is 1. The molecule has 2 heterocycles. The Morgan fingerprint density at radius 2 is 2.18 bits per heavy atom. The summed E-state index contributed by atoms with van der Waals surface area (Å²) in [4.78, 5) is 20.1. The van der Waals surface area contributed by atoms with Crippen LogP contribution in [0.4, 0.5) is 4.39 Å². The van der Waals surface area contributed by atoms with E-state index in [1.54, 1.807) is 0 Å². The number of imidazole rings is 1. The second-order valence-electron chi connectivity index (χ2n) is 5.07. The molecule has 0 bridgehead atoms. The number of hydrogen-bond acceptors (Lipinski definition) is 3. The van der Waals surface area contributed by atoms with Crippen molar-refractivity contribution in [3.63, 3.8) is 0 Å². The van der Waals surface area contributed by atoms with Gasteiger partial charge in [0.2, 0.25) is 0 Å². The summed E-state index contributed by atoms with van der Waals surface area (Å²) in [5.74, 6) is -0.406. The van der Waals surface area contributed by atoms with Gasteiger partial charge in [-0.2, -0.15) is 0 Å². The minimum absolute atomic E-state index is 0.0232. The lowest BCUT2D eigenvalue weighted by atomic mass is 10.2. The molecule has 0 saturated heterocycles. The van der Waals surface area contributed by atoms with E-state index in [1.165, 1.54) is 12.3 Å². The van der Waals surface area contributed by atoms with E-state index in [0.29, 0.717) is 5.82 Å². The maximum atomic E-state index is 13.5. The van der Waals surface area contributed by atoms with Crippen LogP contribution in [0.5, 0.6) is 0 Å². The van der Waals surface area contributed by atoms with Gasteiger partial charge in [-0.3, -0.25) is 9.78 Å². The molecular weight excluding hydrogens is 283 g/mol. The highest BCUT2D eigenvalue weighted by atomic mass is 19.1. The van der Waals surface area contributed by atoms with Crippen molar-refractivity contribution in [3.05, 3.63) is 59.4 Å². The van der Waals surface area contributed by atoms with E-state index in [9.17, 15) is 9.18 Å². The zero-order chi connectivity index (χ0) is 15.7. The van der Waals surface area contributed by atoms with Crippen LogP contribution in [0.1, 0.15) is 21.7 Å². The van der Waals surface area contributed by atoms with Gasteiger partial charge in [0, 0.05) is 13.2 Å². The van der Waals surface area contributed by atoms with Gasteiger partial charge in [0.05, 0.1) is 29.3 Å². The number of benzene rings is 1. The number of nitrogens with zero attached hydrogens (tertiary/aromatic N) is 3. The summed E-state index contributed by atoms with van der Waals surface area (Å²) in [6.07, 6.45) is 2.41. The van der Waals surface area contributed by atoms with E-state index < -0.39 is 11.7 Å². The van der Waals surface area contributed by atoms with Gasteiger partial charge in [-0.25, -0.2) is 9.37 Å². The van der Waals surface area contributed by atoms with Crippen molar-refractivity contribution in [3.8, 4) is 0 Å². The van der Waals surface area contributed by atoms with Crippen LogP contribution >= 0.6 is 0 Å². The Morgan fingerprint density at radius 1 is 1.36 bits per heavy atom. The van der Waals surface area contributed by atoms with Crippen molar-refractivity contribution in [2.45, 2.75) is 13.5 Å². The minimum Gasteiger partial charge on any atom is -0.345 e. The fraction of sp³-hybridized carbons (Fsp3) is 0.188. The Kier molecular flexibility index (Phi) is 3.58. The van der Waals surface area contributed by atoms with E-state index in [-0.39, 0.29) is 12.1 Å². The second kappa shape index (κ2) is 5.55. The molecule has 1 N–H and O–H groups in total. The number of rotatable bonds is 3. The minimum atomic E-state index is -0.638. The fourth-order valence-electron chi connectivity index (χ4n) is 2.49. The largest absolute Gasteiger partial charge is 0.345 e. The Morgan fingerprint density at radius 3 is 2.91 bits per heavy atom. The van der Waals surface area contributed by atoms with Crippen molar-refractivity contribution >= 4 is 16.9 Å². The number of halogens is 1. The Hall–Kier alpha value is -2.76. The molecule has 1 amide bonds. The highest BCUT2D eigenvalue weighted by Gasteiger charge is 2.13. The topological polar surface area (TPSA) is 59.8 Å². The smallest absolute Gasteiger partial charge is 0.254 e. The molecule has 0 radical (unpaired) electrons. The average molecular weight is 298 g/mol. The van der Waals surface area contributed by atoms with Crippen molar-refractivity contribution in [2.75, 3.05) is 0 Å². The molecule has 0 saturated carbocycles. The van der Waals surface area contributed by atoms with Crippen LogP contribution in [0.3, 0.4) is 0 Å². The molecule has 112 valence electrons. The lowest BCUT2D eigenvalue weighted by molar-refractivity contribution is 0.0945. The summed E-state index contributed by atoms with van der Waals surface area (Å²) in [7, 11) is 1.90. The zero-order valence-corrected chi connectivity index (χ0v) is 12.3. The number of hydrogen-bond donors (Lipinski definition) is 1. The van der Waals surface area contributed by atoms with Gasteiger partial charge >= 0.3 is 0 Å². The van der Waals surface area contributed by atoms with Gasteiger partial charge in [0.1, 0.15) is 5.82 Å². The molecule has 6 heteroatoms. The Balaban J connectivity index is 1.83. The zero-order valence-electron chi connectivity index (χ0n) is 12.3. The second-order valence-corrected chi connectivity index (χ2v) is 5.07. The van der Waals surface area contributed by atoms with Gasteiger partial charge in [0.15, 0.2) is 5.82 Å². The molecule has 0 atom stereocenters. The number of para-hydroxylation sites is 1. The third kappa shape index (κ3) is 2.43. The standard InChI is InChI=1S/C16H15FN4O/c1-10-4-3-5-13-15(10)21(2)14(20-13)9-19-16(22)11-6-7-18-8-12(11)17/h3-8H,9H2,1-2H3,(H,19,22). The third-order valence-corrected chi connectivity index (χ3v) is 3.61. The van der Waals surface area contributed by atoms with E-state index in [2.05, 4.69) is 15.3 Å². The lowest BCUT2D eigenvalue weighted by Crippen LogP contribution is -2.25. The maximum Gasteiger partial charge on any atom is 0.254 e. The molecule has 5 nitrogen and oxygen atoms in total. The number of carbonyl (C=O) groups excluding carboxylic acids is 1. The number of fused-ring (bicyclic) bond motifs is 1. The molecular formula is C16H15FN4O. The van der Waals surface area contributed by atoms with E-state index in [0.717, 1.165) is 22.8 Å². The molecule has 0 aliphatic carbocycles. The van der Waals surface area contributed by atoms with Crippen molar-refractivity contribution in [2.24, 2.45) is 7.05 Å². The number of amides is 1. The SMILES string of the molecule is Cc1cccc2nc(CNC(=O)c3ccncc3F)n(C)c12. The van der Waals surface area contributed by atoms with Crippen molar-refractivity contribution in [1.29, 1.82) is 0 Å². The van der Waals surface area contributed by atoms with Gasteiger partial charge < -0.3 is 9.88 Å².